The summed E-state index contributed by atoms with van der Waals surface area (Å²) in [4.78, 5) is 12.8. The first-order valence-electron chi connectivity index (χ1n) is 9.10. The van der Waals surface area contributed by atoms with Gasteiger partial charge in [-0.1, -0.05) is 29.8 Å². The van der Waals surface area contributed by atoms with E-state index in [1.54, 1.807) is 6.07 Å². The second-order valence-corrected chi connectivity index (χ2v) is 6.96. The van der Waals surface area contributed by atoms with E-state index in [2.05, 4.69) is 5.32 Å². The molecule has 28 heavy (non-hydrogen) atoms. The number of dihydropyridines is 1. The summed E-state index contributed by atoms with van der Waals surface area (Å²) < 4.78 is 22.2. The zero-order valence-corrected chi connectivity index (χ0v) is 16.9. The minimum Gasteiger partial charge on any atom is -0.466 e. The molecule has 0 radical (unpaired) electrons. The number of allylic oxidation sites excluding steroid dienone is 1. The van der Waals surface area contributed by atoms with Crippen LogP contribution in [0.25, 0.3) is 0 Å². The zero-order chi connectivity index (χ0) is 20.3. The summed E-state index contributed by atoms with van der Waals surface area (Å²) in [6.45, 7) is 4.67. The standard InChI is InChI=1S/C20H25ClN2O5/c1-11-16(20-27-12(2)28-20)17(13-6-4-5-7-14(13)21)18(19(24)25-3)15(23-11)10-26-9-8-22/h4-7,12,17,20,23H,8-10,22H2,1-3H3. The van der Waals surface area contributed by atoms with Gasteiger partial charge < -0.3 is 30.0 Å². The molecule has 1 unspecified atom stereocenters. The number of nitrogens with one attached hydrogen (secondary N) is 1. The van der Waals surface area contributed by atoms with Crippen molar-refractivity contribution < 1.29 is 23.7 Å². The normalized spacial score (nSPS) is 24.7. The molecular formula is C20H25ClN2O5. The van der Waals surface area contributed by atoms with Crippen LogP contribution in [0.5, 0.6) is 0 Å². The van der Waals surface area contributed by atoms with Gasteiger partial charge in [-0.05, 0) is 25.5 Å². The van der Waals surface area contributed by atoms with Crippen LogP contribution in [0.2, 0.25) is 5.02 Å². The van der Waals surface area contributed by atoms with Crippen molar-refractivity contribution in [3.8, 4) is 0 Å². The monoisotopic (exact) mass is 408 g/mol. The van der Waals surface area contributed by atoms with Gasteiger partial charge in [0.1, 0.15) is 0 Å². The summed E-state index contributed by atoms with van der Waals surface area (Å²) >= 11 is 6.51. The van der Waals surface area contributed by atoms with E-state index in [-0.39, 0.29) is 12.9 Å². The second kappa shape index (κ2) is 9.07. The number of carbonyl (C=O) groups excluding carboxylic acids is 1. The van der Waals surface area contributed by atoms with Crippen LogP contribution in [0.3, 0.4) is 0 Å². The van der Waals surface area contributed by atoms with Crippen molar-refractivity contribution in [3.63, 3.8) is 0 Å². The highest BCUT2D eigenvalue weighted by Gasteiger charge is 2.43. The molecular weight excluding hydrogens is 384 g/mol. The van der Waals surface area contributed by atoms with Crippen molar-refractivity contribution in [3.05, 3.63) is 57.4 Å². The van der Waals surface area contributed by atoms with Crippen molar-refractivity contribution in [2.45, 2.75) is 32.3 Å². The van der Waals surface area contributed by atoms with E-state index in [1.165, 1.54) is 7.11 Å². The summed E-state index contributed by atoms with van der Waals surface area (Å²) in [5, 5.41) is 3.80. The Morgan fingerprint density at radius 3 is 2.64 bits per heavy atom. The highest BCUT2D eigenvalue weighted by Crippen LogP contribution is 2.45. The van der Waals surface area contributed by atoms with Crippen molar-refractivity contribution in [2.24, 2.45) is 5.73 Å². The Labute approximate surface area is 169 Å². The average molecular weight is 409 g/mol. The summed E-state index contributed by atoms with van der Waals surface area (Å²) in [7, 11) is 1.35. The van der Waals surface area contributed by atoms with Gasteiger partial charge in [0.25, 0.3) is 0 Å². The predicted octanol–water partition coefficient (Wildman–Crippen LogP) is 2.42. The Balaban J connectivity index is 2.11. The SMILES string of the molecule is COC(=O)C1=C(COCCN)NC(C)=C(C2OC(C)O2)C1c1ccccc1Cl. The Bertz CT molecular complexity index is 802. The van der Waals surface area contributed by atoms with Gasteiger partial charge >= 0.3 is 5.97 Å². The first-order valence-corrected chi connectivity index (χ1v) is 9.47. The fourth-order valence-corrected chi connectivity index (χ4v) is 3.73. The molecule has 0 bridgehead atoms. The topological polar surface area (TPSA) is 92.0 Å². The lowest BCUT2D eigenvalue weighted by molar-refractivity contribution is -0.360. The van der Waals surface area contributed by atoms with Crippen LogP contribution in [0.1, 0.15) is 25.3 Å². The largest absolute Gasteiger partial charge is 0.466 e. The molecule has 3 rings (SSSR count). The number of rotatable bonds is 7. The molecule has 8 heteroatoms. The third-order valence-corrected chi connectivity index (χ3v) is 5.05. The van der Waals surface area contributed by atoms with Gasteiger partial charge in [0, 0.05) is 28.8 Å². The van der Waals surface area contributed by atoms with Gasteiger partial charge in [-0.3, -0.25) is 0 Å². The molecule has 0 spiro atoms. The lowest BCUT2D eigenvalue weighted by atomic mass is 9.79. The molecule has 2 aliphatic rings. The minimum atomic E-state index is -0.574. The van der Waals surface area contributed by atoms with E-state index in [0.29, 0.717) is 29.4 Å². The van der Waals surface area contributed by atoms with E-state index in [0.717, 1.165) is 16.8 Å². The number of halogens is 1. The Hall–Kier alpha value is -1.90. The van der Waals surface area contributed by atoms with Crippen LogP contribution < -0.4 is 11.1 Å². The Kier molecular flexibility index (Phi) is 6.74. The third-order valence-electron chi connectivity index (χ3n) is 4.71. The quantitative estimate of drug-likeness (QED) is 0.528. The molecule has 1 saturated heterocycles. The van der Waals surface area contributed by atoms with Gasteiger partial charge in [0.15, 0.2) is 12.6 Å². The van der Waals surface area contributed by atoms with Crippen molar-refractivity contribution in [1.82, 2.24) is 5.32 Å². The number of ether oxygens (including phenoxy) is 4. The van der Waals surface area contributed by atoms with Crippen molar-refractivity contribution in [2.75, 3.05) is 26.9 Å². The van der Waals surface area contributed by atoms with Gasteiger partial charge in [-0.25, -0.2) is 4.79 Å². The molecule has 0 amide bonds. The van der Waals surface area contributed by atoms with E-state index in [1.807, 2.05) is 32.0 Å². The molecule has 1 atom stereocenters. The fraction of sp³-hybridized carbons (Fsp3) is 0.450. The summed E-state index contributed by atoms with van der Waals surface area (Å²) in [6.07, 6.45) is -0.882. The molecule has 7 nitrogen and oxygen atoms in total. The van der Waals surface area contributed by atoms with Gasteiger partial charge in [0.2, 0.25) is 0 Å². The van der Waals surface area contributed by atoms with Crippen molar-refractivity contribution in [1.29, 1.82) is 0 Å². The molecule has 2 heterocycles. The summed E-state index contributed by atoms with van der Waals surface area (Å²) in [5.41, 5.74) is 8.92. The number of nitrogens with two attached hydrogens (primary N) is 1. The Morgan fingerprint density at radius 2 is 2.04 bits per heavy atom. The maximum atomic E-state index is 12.8. The summed E-state index contributed by atoms with van der Waals surface area (Å²) in [6, 6.07) is 7.39. The van der Waals surface area contributed by atoms with E-state index in [9.17, 15) is 4.79 Å². The van der Waals surface area contributed by atoms with Crippen LogP contribution in [-0.2, 0) is 23.7 Å². The fourth-order valence-electron chi connectivity index (χ4n) is 3.48. The molecule has 3 N–H and O–H groups in total. The first kappa shape index (κ1) is 20.8. The van der Waals surface area contributed by atoms with Crippen LogP contribution in [0, 0.1) is 0 Å². The van der Waals surface area contributed by atoms with E-state index in [4.69, 9.17) is 36.3 Å². The number of methoxy groups -OCH3 is 1. The number of esters is 1. The Morgan fingerprint density at radius 1 is 1.32 bits per heavy atom. The van der Waals surface area contributed by atoms with E-state index >= 15 is 0 Å². The lowest BCUT2D eigenvalue weighted by Crippen LogP contribution is -2.45. The first-order chi connectivity index (χ1) is 13.5. The highest BCUT2D eigenvalue weighted by atomic mass is 35.5. The summed E-state index contributed by atoms with van der Waals surface area (Å²) in [5.74, 6) is -0.961. The maximum Gasteiger partial charge on any atom is 0.336 e. The van der Waals surface area contributed by atoms with Crippen LogP contribution in [-0.4, -0.2) is 45.4 Å². The number of hydrogen-bond acceptors (Lipinski definition) is 7. The minimum absolute atomic E-state index is 0.190. The van der Waals surface area contributed by atoms with Gasteiger partial charge in [-0.15, -0.1) is 0 Å². The number of hydrogen-bond donors (Lipinski definition) is 2. The number of benzene rings is 1. The smallest absolute Gasteiger partial charge is 0.336 e. The lowest BCUT2D eigenvalue weighted by Gasteiger charge is -2.42. The van der Waals surface area contributed by atoms with Crippen LogP contribution in [0.15, 0.2) is 46.8 Å². The molecule has 0 aliphatic carbocycles. The second-order valence-electron chi connectivity index (χ2n) is 6.56. The van der Waals surface area contributed by atoms with Gasteiger partial charge in [-0.2, -0.15) is 0 Å². The molecule has 1 fully saturated rings. The molecule has 0 saturated carbocycles. The van der Waals surface area contributed by atoms with Crippen molar-refractivity contribution >= 4 is 17.6 Å². The van der Waals surface area contributed by atoms with Crippen LogP contribution in [0.4, 0.5) is 0 Å². The zero-order valence-electron chi connectivity index (χ0n) is 16.2. The predicted molar refractivity (Wildman–Crippen MR) is 104 cm³/mol. The molecule has 152 valence electrons. The highest BCUT2D eigenvalue weighted by molar-refractivity contribution is 6.31. The molecule has 2 aliphatic heterocycles. The van der Waals surface area contributed by atoms with Crippen LogP contribution >= 0.6 is 11.6 Å². The number of carbonyl (C=O) groups is 1. The molecule has 0 aromatic heterocycles. The molecule has 1 aromatic carbocycles. The van der Waals surface area contributed by atoms with E-state index < -0.39 is 18.2 Å². The maximum absolute atomic E-state index is 12.8. The van der Waals surface area contributed by atoms with Gasteiger partial charge in [0.05, 0.1) is 31.6 Å². The third kappa shape index (κ3) is 4.09. The molecule has 1 aromatic rings. The average Bonchev–Trinajstić information content (AvgIpc) is 2.65.